The van der Waals surface area contributed by atoms with Gasteiger partial charge in [-0.15, -0.1) is 0 Å². The first-order chi connectivity index (χ1) is 6.20. The third kappa shape index (κ3) is 3.47. The Morgan fingerprint density at radius 2 is 2.38 bits per heavy atom. The van der Waals surface area contributed by atoms with Crippen LogP contribution in [0.2, 0.25) is 0 Å². The fraction of sp³-hybridized carbons (Fsp3) is 0.571. The minimum Gasteiger partial charge on any atom is -0.386 e. The van der Waals surface area contributed by atoms with E-state index in [4.69, 9.17) is 5.11 Å². The Hall–Kier alpha value is -1.01. The molecule has 3 N–H and O–H groups in total. The van der Waals surface area contributed by atoms with E-state index < -0.39 is 12.5 Å². The number of H-pyrrole nitrogens is 1. The molecule has 0 amide bonds. The molecular weight excluding hydrogens is 180 g/mol. The van der Waals surface area contributed by atoms with Crippen molar-refractivity contribution in [2.45, 2.75) is 19.1 Å². The number of aromatic nitrogens is 2. The van der Waals surface area contributed by atoms with Crippen LogP contribution in [0.25, 0.3) is 0 Å². The van der Waals surface area contributed by atoms with E-state index in [1.165, 1.54) is 0 Å². The fourth-order valence-corrected chi connectivity index (χ4v) is 0.827. The zero-order chi connectivity index (χ0) is 9.68. The van der Waals surface area contributed by atoms with Crippen LogP contribution in [0.1, 0.15) is 5.69 Å². The first-order valence-electron chi connectivity index (χ1n) is 3.85. The summed E-state index contributed by atoms with van der Waals surface area (Å²) in [6.07, 6.45) is -2.74. The van der Waals surface area contributed by atoms with E-state index in [0.29, 0.717) is 6.54 Å². The molecule has 0 radical (unpaired) electrons. The second-order valence-electron chi connectivity index (χ2n) is 2.61. The SMILES string of the molecule is OC(CNCc1ccn[nH]1)C(F)F. The predicted octanol–water partition coefficient (Wildman–Crippen LogP) is 0.125. The smallest absolute Gasteiger partial charge is 0.265 e. The van der Waals surface area contributed by atoms with E-state index >= 15 is 0 Å². The standard InChI is InChI=1S/C7H11F2N3O/c8-7(9)6(13)4-10-3-5-1-2-11-12-5/h1-2,6-7,10,13H,3-4H2,(H,11,12). The Labute approximate surface area is 74.0 Å². The zero-order valence-electron chi connectivity index (χ0n) is 6.87. The third-order valence-electron chi connectivity index (χ3n) is 1.52. The first-order valence-corrected chi connectivity index (χ1v) is 3.85. The van der Waals surface area contributed by atoms with Crippen LogP contribution in [0.4, 0.5) is 8.78 Å². The number of rotatable bonds is 5. The third-order valence-corrected chi connectivity index (χ3v) is 1.52. The van der Waals surface area contributed by atoms with Gasteiger partial charge in [0.2, 0.25) is 0 Å². The maximum absolute atomic E-state index is 11.8. The van der Waals surface area contributed by atoms with Crippen molar-refractivity contribution in [3.05, 3.63) is 18.0 Å². The van der Waals surface area contributed by atoms with E-state index in [-0.39, 0.29) is 6.54 Å². The summed E-state index contributed by atoms with van der Waals surface area (Å²) in [5.74, 6) is 0. The molecule has 0 aliphatic carbocycles. The van der Waals surface area contributed by atoms with Crippen LogP contribution in [0, 0.1) is 0 Å². The molecule has 6 heteroatoms. The van der Waals surface area contributed by atoms with Crippen LogP contribution < -0.4 is 5.32 Å². The highest BCUT2D eigenvalue weighted by Crippen LogP contribution is 1.99. The van der Waals surface area contributed by atoms with Gasteiger partial charge in [0, 0.05) is 25.0 Å². The van der Waals surface area contributed by atoms with Crippen LogP contribution in [0.15, 0.2) is 12.3 Å². The van der Waals surface area contributed by atoms with Crippen molar-refractivity contribution in [1.29, 1.82) is 0 Å². The summed E-state index contributed by atoms with van der Waals surface area (Å²) in [6, 6.07) is 1.72. The molecule has 0 aliphatic rings. The number of nitrogens with one attached hydrogen (secondary N) is 2. The molecule has 0 saturated heterocycles. The minimum atomic E-state index is -2.70. The number of aromatic amines is 1. The lowest BCUT2D eigenvalue weighted by Crippen LogP contribution is -2.31. The zero-order valence-corrected chi connectivity index (χ0v) is 6.87. The summed E-state index contributed by atoms with van der Waals surface area (Å²) in [7, 11) is 0. The van der Waals surface area contributed by atoms with Gasteiger partial charge >= 0.3 is 0 Å². The Balaban J connectivity index is 2.14. The molecule has 0 aliphatic heterocycles. The molecule has 0 spiro atoms. The van der Waals surface area contributed by atoms with E-state index in [2.05, 4.69) is 15.5 Å². The van der Waals surface area contributed by atoms with Crippen molar-refractivity contribution in [3.63, 3.8) is 0 Å². The minimum absolute atomic E-state index is 0.128. The monoisotopic (exact) mass is 191 g/mol. The number of halogens is 2. The van der Waals surface area contributed by atoms with Gasteiger partial charge in [-0.1, -0.05) is 0 Å². The summed E-state index contributed by atoms with van der Waals surface area (Å²) < 4.78 is 23.6. The molecule has 13 heavy (non-hydrogen) atoms. The normalized spacial score (nSPS) is 13.5. The van der Waals surface area contributed by atoms with Crippen LogP contribution in [0.5, 0.6) is 0 Å². The number of hydrogen-bond acceptors (Lipinski definition) is 3. The number of aliphatic hydroxyl groups is 1. The topological polar surface area (TPSA) is 60.9 Å². The van der Waals surface area contributed by atoms with Gasteiger partial charge < -0.3 is 10.4 Å². The molecule has 1 heterocycles. The van der Waals surface area contributed by atoms with Crippen molar-refractivity contribution in [3.8, 4) is 0 Å². The van der Waals surface area contributed by atoms with Crippen molar-refractivity contribution < 1.29 is 13.9 Å². The molecule has 1 unspecified atom stereocenters. The molecule has 1 atom stereocenters. The second kappa shape index (κ2) is 4.88. The molecule has 0 fully saturated rings. The van der Waals surface area contributed by atoms with Gasteiger partial charge in [-0.2, -0.15) is 5.10 Å². The highest BCUT2D eigenvalue weighted by molar-refractivity contribution is 4.96. The first kappa shape index (κ1) is 10.1. The molecular formula is C7H11F2N3O. The lowest BCUT2D eigenvalue weighted by molar-refractivity contribution is -0.00344. The molecule has 1 aromatic heterocycles. The van der Waals surface area contributed by atoms with Crippen LogP contribution in [-0.2, 0) is 6.54 Å². The van der Waals surface area contributed by atoms with E-state index in [1.807, 2.05) is 0 Å². The summed E-state index contributed by atoms with van der Waals surface area (Å²) >= 11 is 0. The number of nitrogens with zero attached hydrogens (tertiary/aromatic N) is 1. The van der Waals surface area contributed by atoms with Gasteiger partial charge in [0.15, 0.2) is 0 Å². The van der Waals surface area contributed by atoms with Gasteiger partial charge in [-0.3, -0.25) is 5.10 Å². The average Bonchev–Trinajstić information content (AvgIpc) is 2.56. The number of alkyl halides is 2. The number of aliphatic hydroxyl groups excluding tert-OH is 1. The summed E-state index contributed by atoms with van der Waals surface area (Å²) in [6.45, 7) is 0.264. The molecule has 0 bridgehead atoms. The van der Waals surface area contributed by atoms with E-state index in [9.17, 15) is 8.78 Å². The van der Waals surface area contributed by atoms with Crippen molar-refractivity contribution in [2.75, 3.05) is 6.54 Å². The van der Waals surface area contributed by atoms with Gasteiger partial charge in [-0.05, 0) is 6.07 Å². The molecule has 74 valence electrons. The summed E-state index contributed by atoms with van der Waals surface area (Å²) in [5, 5.41) is 17.7. The Bertz CT molecular complexity index is 228. The maximum Gasteiger partial charge on any atom is 0.265 e. The second-order valence-corrected chi connectivity index (χ2v) is 2.61. The van der Waals surface area contributed by atoms with Crippen molar-refractivity contribution >= 4 is 0 Å². The largest absolute Gasteiger partial charge is 0.386 e. The molecule has 1 rings (SSSR count). The van der Waals surface area contributed by atoms with Crippen LogP contribution >= 0.6 is 0 Å². The lowest BCUT2D eigenvalue weighted by Gasteiger charge is -2.09. The van der Waals surface area contributed by atoms with Crippen molar-refractivity contribution in [2.24, 2.45) is 0 Å². The Kier molecular flexibility index (Phi) is 3.78. The summed E-state index contributed by atoms with van der Waals surface area (Å²) in [4.78, 5) is 0. The average molecular weight is 191 g/mol. The van der Waals surface area contributed by atoms with E-state index in [0.717, 1.165) is 5.69 Å². The number of hydrogen-bond donors (Lipinski definition) is 3. The highest BCUT2D eigenvalue weighted by atomic mass is 19.3. The van der Waals surface area contributed by atoms with Gasteiger partial charge in [0.05, 0.1) is 0 Å². The lowest BCUT2D eigenvalue weighted by atomic mass is 10.3. The van der Waals surface area contributed by atoms with Gasteiger partial charge in [0.25, 0.3) is 6.43 Å². The Morgan fingerprint density at radius 3 is 2.92 bits per heavy atom. The van der Waals surface area contributed by atoms with E-state index in [1.54, 1.807) is 12.3 Å². The van der Waals surface area contributed by atoms with Crippen molar-refractivity contribution in [1.82, 2.24) is 15.5 Å². The molecule has 4 nitrogen and oxygen atoms in total. The molecule has 0 aromatic carbocycles. The maximum atomic E-state index is 11.8. The quantitative estimate of drug-likeness (QED) is 0.619. The Morgan fingerprint density at radius 1 is 1.62 bits per heavy atom. The highest BCUT2D eigenvalue weighted by Gasteiger charge is 2.15. The van der Waals surface area contributed by atoms with Crippen LogP contribution in [-0.4, -0.2) is 34.4 Å². The molecule has 0 saturated carbocycles. The summed E-state index contributed by atoms with van der Waals surface area (Å²) in [5.41, 5.74) is 0.793. The predicted molar refractivity (Wildman–Crippen MR) is 42.3 cm³/mol. The van der Waals surface area contributed by atoms with Crippen LogP contribution in [0.3, 0.4) is 0 Å². The fourth-order valence-electron chi connectivity index (χ4n) is 0.827. The van der Waals surface area contributed by atoms with Gasteiger partial charge in [-0.25, -0.2) is 8.78 Å². The van der Waals surface area contributed by atoms with Gasteiger partial charge in [0.1, 0.15) is 6.10 Å². The molecule has 1 aromatic rings.